The highest BCUT2D eigenvalue weighted by molar-refractivity contribution is 5.58. The average molecular weight is 238 g/mol. The van der Waals surface area contributed by atoms with Gasteiger partial charge in [0.05, 0.1) is 0 Å². The van der Waals surface area contributed by atoms with Crippen molar-refractivity contribution in [1.82, 2.24) is 0 Å². The maximum atomic E-state index is 5.87. The Kier molecular flexibility index (Phi) is 2.80. The third-order valence-electron chi connectivity index (χ3n) is 3.64. The van der Waals surface area contributed by atoms with Crippen molar-refractivity contribution in [2.45, 2.75) is 26.6 Å². The molecule has 0 spiro atoms. The quantitative estimate of drug-likeness (QED) is 0.871. The zero-order chi connectivity index (χ0) is 12.5. The summed E-state index contributed by atoms with van der Waals surface area (Å²) in [5.74, 6) is 0. The molecule has 0 radical (unpaired) electrons. The van der Waals surface area contributed by atoms with Gasteiger partial charge in [0.2, 0.25) is 0 Å². The van der Waals surface area contributed by atoms with E-state index in [1.165, 1.54) is 27.9 Å². The van der Waals surface area contributed by atoms with Crippen LogP contribution in [0.4, 0.5) is 5.69 Å². The predicted octanol–water partition coefficient (Wildman–Crippen LogP) is 2.97. The summed E-state index contributed by atoms with van der Waals surface area (Å²) in [4.78, 5) is 2.41. The number of fused-ring (bicyclic) bond motifs is 1. The number of nitrogens with zero attached hydrogens (tertiary/aromatic N) is 1. The van der Waals surface area contributed by atoms with Gasteiger partial charge in [-0.25, -0.2) is 0 Å². The number of nitrogens with two attached hydrogens (primary N) is 1. The van der Waals surface area contributed by atoms with Crippen LogP contribution < -0.4 is 10.6 Å². The second-order valence-electron chi connectivity index (χ2n) is 4.96. The topological polar surface area (TPSA) is 29.3 Å². The van der Waals surface area contributed by atoms with Crippen molar-refractivity contribution in [1.29, 1.82) is 0 Å². The van der Waals surface area contributed by atoms with E-state index in [0.29, 0.717) is 6.54 Å². The normalized spacial score (nSPS) is 13.8. The third kappa shape index (κ3) is 1.89. The largest absolute Gasteiger partial charge is 0.363 e. The van der Waals surface area contributed by atoms with Gasteiger partial charge >= 0.3 is 0 Å². The van der Waals surface area contributed by atoms with Gasteiger partial charge in [-0.3, -0.25) is 0 Å². The van der Waals surface area contributed by atoms with Gasteiger partial charge in [0, 0.05) is 25.3 Å². The molecule has 2 nitrogen and oxygen atoms in total. The highest BCUT2D eigenvalue weighted by Crippen LogP contribution is 2.30. The van der Waals surface area contributed by atoms with Crippen LogP contribution in [0, 0.1) is 6.92 Å². The highest BCUT2D eigenvalue weighted by Gasteiger charge is 2.20. The summed E-state index contributed by atoms with van der Waals surface area (Å²) in [6, 6.07) is 15.2. The Hall–Kier alpha value is -1.80. The van der Waals surface area contributed by atoms with Gasteiger partial charge in [0.15, 0.2) is 0 Å². The molecular formula is C16H18N2. The van der Waals surface area contributed by atoms with E-state index in [2.05, 4.69) is 54.3 Å². The van der Waals surface area contributed by atoms with E-state index < -0.39 is 0 Å². The van der Waals surface area contributed by atoms with E-state index >= 15 is 0 Å². The lowest BCUT2D eigenvalue weighted by atomic mass is 10.1. The minimum atomic E-state index is 0.601. The number of benzene rings is 2. The Labute approximate surface area is 108 Å². The summed E-state index contributed by atoms with van der Waals surface area (Å²) < 4.78 is 0. The van der Waals surface area contributed by atoms with Crippen LogP contribution in [0.5, 0.6) is 0 Å². The first kappa shape index (κ1) is 11.3. The molecule has 2 aromatic carbocycles. The molecule has 0 atom stereocenters. The van der Waals surface area contributed by atoms with Gasteiger partial charge in [0.1, 0.15) is 0 Å². The lowest BCUT2D eigenvalue weighted by Crippen LogP contribution is -2.17. The van der Waals surface area contributed by atoms with Crippen LogP contribution in [0.2, 0.25) is 0 Å². The summed E-state index contributed by atoms with van der Waals surface area (Å²) in [6.45, 7) is 4.70. The molecule has 1 heterocycles. The standard InChI is InChI=1S/C16H18N2/c1-12-6-7-16(15(8-12)9-17)18-10-13-4-2-3-5-14(13)11-18/h2-8H,9-11,17H2,1H3. The molecule has 0 fully saturated rings. The van der Waals surface area contributed by atoms with Crippen LogP contribution in [0.1, 0.15) is 22.3 Å². The number of hydrogen-bond acceptors (Lipinski definition) is 2. The summed E-state index contributed by atoms with van der Waals surface area (Å²) >= 11 is 0. The molecule has 0 bridgehead atoms. The van der Waals surface area contributed by atoms with E-state index in [-0.39, 0.29) is 0 Å². The van der Waals surface area contributed by atoms with Gasteiger partial charge < -0.3 is 10.6 Å². The van der Waals surface area contributed by atoms with E-state index in [0.717, 1.165) is 13.1 Å². The molecule has 0 aliphatic carbocycles. The van der Waals surface area contributed by atoms with Gasteiger partial charge in [-0.05, 0) is 29.7 Å². The molecule has 0 aromatic heterocycles. The van der Waals surface area contributed by atoms with Gasteiger partial charge in [-0.15, -0.1) is 0 Å². The molecule has 0 unspecified atom stereocenters. The molecule has 0 saturated heterocycles. The minimum absolute atomic E-state index is 0.601. The molecule has 1 aliphatic heterocycles. The molecule has 3 rings (SSSR count). The van der Waals surface area contributed by atoms with Crippen LogP contribution in [-0.2, 0) is 19.6 Å². The Morgan fingerprint density at radius 1 is 1.06 bits per heavy atom. The van der Waals surface area contributed by atoms with Crippen LogP contribution in [0.25, 0.3) is 0 Å². The summed E-state index contributed by atoms with van der Waals surface area (Å²) in [5, 5.41) is 0. The lowest BCUT2D eigenvalue weighted by molar-refractivity contribution is 0.864. The second-order valence-corrected chi connectivity index (χ2v) is 4.96. The van der Waals surface area contributed by atoms with Crippen molar-refractivity contribution < 1.29 is 0 Å². The van der Waals surface area contributed by atoms with Crippen molar-refractivity contribution in [2.24, 2.45) is 5.73 Å². The molecule has 92 valence electrons. The molecule has 0 saturated carbocycles. The smallest absolute Gasteiger partial charge is 0.0436 e. The molecule has 0 amide bonds. The van der Waals surface area contributed by atoms with E-state index in [4.69, 9.17) is 5.73 Å². The maximum Gasteiger partial charge on any atom is 0.0436 e. The summed E-state index contributed by atoms with van der Waals surface area (Å²) in [6.07, 6.45) is 0. The van der Waals surface area contributed by atoms with Crippen LogP contribution >= 0.6 is 0 Å². The monoisotopic (exact) mass is 238 g/mol. The summed E-state index contributed by atoms with van der Waals surface area (Å²) in [5.41, 5.74) is 12.5. The Balaban J connectivity index is 1.95. The number of rotatable bonds is 2. The van der Waals surface area contributed by atoms with Crippen molar-refractivity contribution in [3.8, 4) is 0 Å². The Bertz CT molecular complexity index is 550. The minimum Gasteiger partial charge on any atom is -0.363 e. The van der Waals surface area contributed by atoms with Gasteiger partial charge in [-0.2, -0.15) is 0 Å². The number of anilines is 1. The first-order valence-electron chi connectivity index (χ1n) is 6.39. The lowest BCUT2D eigenvalue weighted by Gasteiger charge is -2.21. The van der Waals surface area contributed by atoms with E-state index in [9.17, 15) is 0 Å². The van der Waals surface area contributed by atoms with Crippen molar-refractivity contribution >= 4 is 5.69 Å². The average Bonchev–Trinajstić information content (AvgIpc) is 2.82. The van der Waals surface area contributed by atoms with E-state index in [1.54, 1.807) is 0 Å². The van der Waals surface area contributed by atoms with Crippen molar-refractivity contribution in [3.63, 3.8) is 0 Å². The molecule has 2 heteroatoms. The molecule has 18 heavy (non-hydrogen) atoms. The fourth-order valence-corrected chi connectivity index (χ4v) is 2.69. The first-order valence-corrected chi connectivity index (χ1v) is 6.39. The SMILES string of the molecule is Cc1ccc(N2Cc3ccccc3C2)c(CN)c1. The number of hydrogen-bond donors (Lipinski definition) is 1. The molecule has 2 N–H and O–H groups in total. The van der Waals surface area contributed by atoms with Gasteiger partial charge in [0.25, 0.3) is 0 Å². The van der Waals surface area contributed by atoms with E-state index in [1.807, 2.05) is 0 Å². The van der Waals surface area contributed by atoms with Crippen molar-refractivity contribution in [2.75, 3.05) is 4.90 Å². The molecule has 1 aliphatic rings. The Morgan fingerprint density at radius 3 is 2.33 bits per heavy atom. The van der Waals surface area contributed by atoms with Gasteiger partial charge in [-0.1, -0.05) is 42.0 Å². The maximum absolute atomic E-state index is 5.87. The number of aryl methyl sites for hydroxylation is 1. The van der Waals surface area contributed by atoms with Crippen LogP contribution in [0.3, 0.4) is 0 Å². The van der Waals surface area contributed by atoms with Crippen LogP contribution in [-0.4, -0.2) is 0 Å². The zero-order valence-corrected chi connectivity index (χ0v) is 10.7. The second kappa shape index (κ2) is 4.46. The van der Waals surface area contributed by atoms with Crippen LogP contribution in [0.15, 0.2) is 42.5 Å². The third-order valence-corrected chi connectivity index (χ3v) is 3.64. The predicted molar refractivity (Wildman–Crippen MR) is 75.4 cm³/mol. The first-order chi connectivity index (χ1) is 8.78. The fourth-order valence-electron chi connectivity index (χ4n) is 2.69. The molecule has 2 aromatic rings. The summed E-state index contributed by atoms with van der Waals surface area (Å²) in [7, 11) is 0. The molecular weight excluding hydrogens is 220 g/mol. The Morgan fingerprint density at radius 2 is 1.72 bits per heavy atom. The zero-order valence-electron chi connectivity index (χ0n) is 10.7. The van der Waals surface area contributed by atoms with Crippen molar-refractivity contribution in [3.05, 3.63) is 64.7 Å². The fraction of sp³-hybridized carbons (Fsp3) is 0.250. The highest BCUT2D eigenvalue weighted by atomic mass is 15.1.